The van der Waals surface area contributed by atoms with Gasteiger partial charge < -0.3 is 9.15 Å². The molecule has 2 amide bonds. The molecule has 148 valence electrons. The van der Waals surface area contributed by atoms with Gasteiger partial charge in [-0.2, -0.15) is 0 Å². The molecule has 0 saturated carbocycles. The number of Topliss-reactive ketones (excluding diaryl/α,β-unsaturated/α-hetero) is 1. The predicted molar refractivity (Wildman–Crippen MR) is 103 cm³/mol. The van der Waals surface area contributed by atoms with Crippen LogP contribution in [0.5, 0.6) is 5.75 Å². The van der Waals surface area contributed by atoms with Gasteiger partial charge in [-0.1, -0.05) is 25.4 Å². The smallest absolute Gasteiger partial charge is 0.305 e. The second-order valence-electron chi connectivity index (χ2n) is 7.55. The molecule has 0 unspecified atom stereocenters. The Hall–Kier alpha value is -2.80. The van der Waals surface area contributed by atoms with Gasteiger partial charge in [0.1, 0.15) is 11.5 Å². The minimum absolute atomic E-state index is 0.0134. The molecule has 0 radical (unpaired) electrons. The fourth-order valence-corrected chi connectivity index (χ4v) is 3.55. The lowest BCUT2D eigenvalue weighted by Gasteiger charge is -2.27. The third kappa shape index (κ3) is 3.75. The summed E-state index contributed by atoms with van der Waals surface area (Å²) in [6.07, 6.45) is 0.963. The highest BCUT2D eigenvalue weighted by molar-refractivity contribution is 6.30. The van der Waals surface area contributed by atoms with E-state index in [1.165, 1.54) is 19.2 Å². The summed E-state index contributed by atoms with van der Waals surface area (Å²) in [5.41, 5.74) is 5.57. The van der Waals surface area contributed by atoms with E-state index in [0.29, 0.717) is 34.8 Å². The van der Waals surface area contributed by atoms with Gasteiger partial charge in [-0.25, -0.2) is 0 Å². The van der Waals surface area contributed by atoms with Crippen molar-refractivity contribution in [2.24, 2.45) is 5.41 Å². The molecule has 7 nitrogen and oxygen atoms in total. The quantitative estimate of drug-likeness (QED) is 0.763. The Labute approximate surface area is 167 Å². The molecule has 1 aromatic heterocycles. The van der Waals surface area contributed by atoms with Crippen LogP contribution in [0, 0.1) is 12.3 Å². The SMILES string of the molecule is COc1cc(Cl)ccc1C(=O)NNC(=O)c1oc2c(c1C)C(=O)CC(C)(C)C2. The Balaban J connectivity index is 1.76. The Morgan fingerprint density at radius 3 is 2.54 bits per heavy atom. The van der Waals surface area contributed by atoms with Crippen molar-refractivity contribution in [3.05, 3.63) is 51.4 Å². The van der Waals surface area contributed by atoms with Gasteiger partial charge in [-0.3, -0.25) is 25.2 Å². The van der Waals surface area contributed by atoms with Gasteiger partial charge in [0.05, 0.1) is 18.2 Å². The monoisotopic (exact) mass is 404 g/mol. The maximum atomic E-state index is 12.5. The Kier molecular flexibility index (Phi) is 5.21. The number of methoxy groups -OCH3 is 1. The zero-order chi connectivity index (χ0) is 20.6. The number of benzene rings is 1. The summed E-state index contributed by atoms with van der Waals surface area (Å²) >= 11 is 5.89. The zero-order valence-electron chi connectivity index (χ0n) is 16.1. The van der Waals surface area contributed by atoms with Crippen LogP contribution in [0.4, 0.5) is 0 Å². The van der Waals surface area contributed by atoms with Crippen LogP contribution in [0.1, 0.15) is 62.9 Å². The summed E-state index contributed by atoms with van der Waals surface area (Å²) < 4.78 is 10.8. The molecule has 0 atom stereocenters. The number of ketones is 1. The molecule has 8 heteroatoms. The molecule has 1 aromatic carbocycles. The molecule has 0 aliphatic heterocycles. The molecule has 1 heterocycles. The summed E-state index contributed by atoms with van der Waals surface area (Å²) in [5, 5.41) is 0.418. The van der Waals surface area contributed by atoms with Crippen LogP contribution >= 0.6 is 11.6 Å². The molecule has 3 rings (SSSR count). The van der Waals surface area contributed by atoms with E-state index in [1.807, 2.05) is 13.8 Å². The van der Waals surface area contributed by atoms with E-state index < -0.39 is 11.8 Å². The largest absolute Gasteiger partial charge is 0.496 e. The molecule has 2 aromatic rings. The number of fused-ring (bicyclic) bond motifs is 1. The first-order valence-corrected chi connectivity index (χ1v) is 9.10. The lowest BCUT2D eigenvalue weighted by atomic mass is 9.76. The lowest BCUT2D eigenvalue weighted by Crippen LogP contribution is -2.41. The molecule has 2 N–H and O–H groups in total. The molecular weight excluding hydrogens is 384 g/mol. The number of nitrogens with one attached hydrogen (secondary N) is 2. The summed E-state index contributed by atoms with van der Waals surface area (Å²) in [6, 6.07) is 4.52. The highest BCUT2D eigenvalue weighted by Gasteiger charge is 2.37. The molecule has 1 aliphatic carbocycles. The van der Waals surface area contributed by atoms with Crippen LogP contribution in [0.2, 0.25) is 5.02 Å². The van der Waals surface area contributed by atoms with E-state index in [-0.39, 0.29) is 28.3 Å². The van der Waals surface area contributed by atoms with Crippen LogP contribution in [-0.4, -0.2) is 24.7 Å². The van der Waals surface area contributed by atoms with E-state index in [2.05, 4.69) is 10.9 Å². The minimum atomic E-state index is -0.640. The van der Waals surface area contributed by atoms with Crippen molar-refractivity contribution in [3.8, 4) is 5.75 Å². The number of hydrogen-bond donors (Lipinski definition) is 2. The molecule has 0 saturated heterocycles. The summed E-state index contributed by atoms with van der Waals surface area (Å²) in [4.78, 5) is 37.3. The number of halogens is 1. The number of ether oxygens (including phenoxy) is 1. The van der Waals surface area contributed by atoms with Gasteiger partial charge in [0.2, 0.25) is 0 Å². The van der Waals surface area contributed by atoms with Crippen LogP contribution in [0.15, 0.2) is 22.6 Å². The van der Waals surface area contributed by atoms with E-state index in [4.69, 9.17) is 20.8 Å². The highest BCUT2D eigenvalue weighted by Crippen LogP contribution is 2.38. The normalized spacial score (nSPS) is 15.0. The number of rotatable bonds is 3. The molecule has 1 aliphatic rings. The molecule has 0 spiro atoms. The van der Waals surface area contributed by atoms with Gasteiger partial charge in [-0.05, 0) is 30.5 Å². The van der Waals surface area contributed by atoms with E-state index >= 15 is 0 Å². The van der Waals surface area contributed by atoms with Gasteiger partial charge in [0.15, 0.2) is 11.5 Å². The lowest BCUT2D eigenvalue weighted by molar-refractivity contribution is 0.0825. The fourth-order valence-electron chi connectivity index (χ4n) is 3.39. The number of carbonyl (C=O) groups excluding carboxylic acids is 3. The third-order valence-electron chi connectivity index (χ3n) is 4.68. The number of hydrogen-bond acceptors (Lipinski definition) is 5. The molecule has 0 fully saturated rings. The zero-order valence-corrected chi connectivity index (χ0v) is 16.8. The number of carbonyl (C=O) groups is 3. The predicted octanol–water partition coefficient (Wildman–Crippen LogP) is 3.48. The summed E-state index contributed by atoms with van der Waals surface area (Å²) in [7, 11) is 1.41. The number of furan rings is 1. The van der Waals surface area contributed by atoms with Crippen molar-refractivity contribution in [3.63, 3.8) is 0 Å². The molecular formula is C20H21ClN2O5. The topological polar surface area (TPSA) is 97.6 Å². The Morgan fingerprint density at radius 2 is 1.86 bits per heavy atom. The van der Waals surface area contributed by atoms with Gasteiger partial charge in [0, 0.05) is 23.4 Å². The summed E-state index contributed by atoms with van der Waals surface area (Å²) in [6.45, 7) is 5.62. The standard InChI is InChI=1S/C20H21ClN2O5/c1-10-16-13(24)8-20(2,3)9-15(16)28-17(10)19(26)23-22-18(25)12-6-5-11(21)7-14(12)27-4/h5-7H,8-9H2,1-4H3,(H,22,25)(H,23,26). The van der Waals surface area contributed by atoms with Crippen LogP contribution in [0.3, 0.4) is 0 Å². The second-order valence-corrected chi connectivity index (χ2v) is 7.98. The van der Waals surface area contributed by atoms with Crippen LogP contribution in [-0.2, 0) is 6.42 Å². The number of hydrazine groups is 1. The van der Waals surface area contributed by atoms with E-state index in [9.17, 15) is 14.4 Å². The second kappa shape index (κ2) is 7.31. The maximum absolute atomic E-state index is 12.5. The number of amides is 2. The highest BCUT2D eigenvalue weighted by atomic mass is 35.5. The maximum Gasteiger partial charge on any atom is 0.305 e. The van der Waals surface area contributed by atoms with Crippen molar-refractivity contribution in [1.82, 2.24) is 10.9 Å². The first-order valence-electron chi connectivity index (χ1n) is 8.72. The van der Waals surface area contributed by atoms with E-state index in [0.717, 1.165) is 0 Å². The Morgan fingerprint density at radius 1 is 1.18 bits per heavy atom. The van der Waals surface area contributed by atoms with Crippen molar-refractivity contribution >= 4 is 29.2 Å². The first kappa shape index (κ1) is 19.9. The van der Waals surface area contributed by atoms with Gasteiger partial charge in [0.25, 0.3) is 5.91 Å². The van der Waals surface area contributed by atoms with Crippen LogP contribution < -0.4 is 15.6 Å². The Bertz CT molecular complexity index is 977. The molecule has 28 heavy (non-hydrogen) atoms. The van der Waals surface area contributed by atoms with Crippen molar-refractivity contribution in [2.75, 3.05) is 7.11 Å². The van der Waals surface area contributed by atoms with Crippen molar-refractivity contribution in [2.45, 2.75) is 33.6 Å². The van der Waals surface area contributed by atoms with Gasteiger partial charge in [-0.15, -0.1) is 0 Å². The van der Waals surface area contributed by atoms with Crippen LogP contribution in [0.25, 0.3) is 0 Å². The van der Waals surface area contributed by atoms with Crippen molar-refractivity contribution in [1.29, 1.82) is 0 Å². The minimum Gasteiger partial charge on any atom is -0.496 e. The average molecular weight is 405 g/mol. The van der Waals surface area contributed by atoms with Gasteiger partial charge >= 0.3 is 5.91 Å². The first-order chi connectivity index (χ1) is 13.1. The molecule has 0 bridgehead atoms. The summed E-state index contributed by atoms with van der Waals surface area (Å²) in [5.74, 6) is -0.459. The average Bonchev–Trinajstić information content (AvgIpc) is 2.94. The third-order valence-corrected chi connectivity index (χ3v) is 4.92. The van der Waals surface area contributed by atoms with E-state index in [1.54, 1.807) is 13.0 Å². The fraction of sp³-hybridized carbons (Fsp3) is 0.350. The van der Waals surface area contributed by atoms with Crippen molar-refractivity contribution < 1.29 is 23.5 Å².